The van der Waals surface area contributed by atoms with Crippen molar-refractivity contribution in [1.82, 2.24) is 0 Å². The van der Waals surface area contributed by atoms with Gasteiger partial charge < -0.3 is 14.6 Å². The van der Waals surface area contributed by atoms with Crippen molar-refractivity contribution in [1.29, 1.82) is 0 Å². The van der Waals surface area contributed by atoms with Gasteiger partial charge in [-0.3, -0.25) is 4.79 Å². The molecule has 0 radical (unpaired) electrons. The van der Waals surface area contributed by atoms with E-state index in [1.165, 1.54) is 12.1 Å². The van der Waals surface area contributed by atoms with E-state index in [0.29, 0.717) is 18.1 Å². The second-order valence-corrected chi connectivity index (χ2v) is 4.70. The largest absolute Gasteiger partial charge is 0.490 e. The Bertz CT molecular complexity index is 441. The average Bonchev–Trinajstić information content (AvgIpc) is 2.38. The number of ether oxygens (including phenoxy) is 2. The Hall–Kier alpha value is -1.62. The van der Waals surface area contributed by atoms with E-state index >= 15 is 0 Å². The Morgan fingerprint density at radius 2 is 2.16 bits per heavy atom. The summed E-state index contributed by atoms with van der Waals surface area (Å²) < 4.78 is 24.4. The van der Waals surface area contributed by atoms with Crippen LogP contribution in [0, 0.1) is 11.7 Å². The first kappa shape index (κ1) is 13.8. The highest BCUT2D eigenvalue weighted by molar-refractivity contribution is 5.70. The molecule has 4 nitrogen and oxygen atoms in total. The SMILES string of the molecule is O=C(O)Cc1ccc(OCC2CCOCC2)c(F)c1. The summed E-state index contributed by atoms with van der Waals surface area (Å²) in [5, 5.41) is 8.64. The lowest BCUT2D eigenvalue weighted by atomic mass is 10.0. The third-order valence-corrected chi connectivity index (χ3v) is 3.17. The number of rotatable bonds is 5. The maximum Gasteiger partial charge on any atom is 0.307 e. The third kappa shape index (κ3) is 4.21. The predicted octanol–water partition coefficient (Wildman–Crippen LogP) is 2.26. The maximum atomic E-state index is 13.7. The Balaban J connectivity index is 1.91. The molecule has 0 unspecified atom stereocenters. The summed E-state index contributed by atoms with van der Waals surface area (Å²) in [5.74, 6) is -0.909. The molecule has 0 bridgehead atoms. The quantitative estimate of drug-likeness (QED) is 0.890. The van der Waals surface area contributed by atoms with Crippen LogP contribution in [0.5, 0.6) is 5.75 Å². The lowest BCUT2D eigenvalue weighted by Crippen LogP contribution is -2.21. The molecule has 1 heterocycles. The highest BCUT2D eigenvalue weighted by Gasteiger charge is 2.15. The molecule has 0 atom stereocenters. The van der Waals surface area contributed by atoms with Gasteiger partial charge in [0.25, 0.3) is 0 Å². The van der Waals surface area contributed by atoms with E-state index in [4.69, 9.17) is 14.6 Å². The first-order valence-electron chi connectivity index (χ1n) is 6.36. The van der Waals surface area contributed by atoms with E-state index in [1.807, 2.05) is 0 Å². The van der Waals surface area contributed by atoms with Crippen LogP contribution in [-0.4, -0.2) is 30.9 Å². The molecule has 1 aliphatic heterocycles. The van der Waals surface area contributed by atoms with Gasteiger partial charge in [0.05, 0.1) is 13.0 Å². The normalized spacial score (nSPS) is 16.3. The van der Waals surface area contributed by atoms with Crippen LogP contribution < -0.4 is 4.74 Å². The topological polar surface area (TPSA) is 55.8 Å². The molecule has 2 rings (SSSR count). The minimum atomic E-state index is -0.977. The van der Waals surface area contributed by atoms with Gasteiger partial charge in [0.15, 0.2) is 11.6 Å². The molecule has 0 saturated carbocycles. The van der Waals surface area contributed by atoms with E-state index < -0.39 is 11.8 Å². The minimum absolute atomic E-state index is 0.181. The standard InChI is InChI=1S/C14H17FO4/c15-12-7-11(8-14(16)17)1-2-13(12)19-9-10-3-5-18-6-4-10/h1-2,7,10H,3-6,8-9H2,(H,16,17). The summed E-state index contributed by atoms with van der Waals surface area (Å²) in [6.07, 6.45) is 1.68. The van der Waals surface area contributed by atoms with Crippen molar-refractivity contribution in [2.75, 3.05) is 19.8 Å². The number of hydrogen-bond donors (Lipinski definition) is 1. The Morgan fingerprint density at radius 1 is 1.42 bits per heavy atom. The van der Waals surface area contributed by atoms with Crippen molar-refractivity contribution in [2.24, 2.45) is 5.92 Å². The van der Waals surface area contributed by atoms with Gasteiger partial charge in [-0.05, 0) is 36.5 Å². The zero-order valence-corrected chi connectivity index (χ0v) is 10.6. The van der Waals surface area contributed by atoms with Crippen molar-refractivity contribution >= 4 is 5.97 Å². The molecule has 0 aromatic heterocycles. The van der Waals surface area contributed by atoms with Gasteiger partial charge in [-0.1, -0.05) is 6.07 Å². The van der Waals surface area contributed by atoms with Gasteiger partial charge >= 0.3 is 5.97 Å². The van der Waals surface area contributed by atoms with Crippen LogP contribution >= 0.6 is 0 Å². The molecule has 5 heteroatoms. The summed E-state index contributed by atoms with van der Waals surface area (Å²) in [6.45, 7) is 1.93. The Morgan fingerprint density at radius 3 is 2.79 bits per heavy atom. The van der Waals surface area contributed by atoms with Gasteiger partial charge in [0.2, 0.25) is 0 Å². The number of carboxylic acid groups (broad SMARTS) is 1. The van der Waals surface area contributed by atoms with Crippen molar-refractivity contribution in [2.45, 2.75) is 19.3 Å². The van der Waals surface area contributed by atoms with Crippen LogP contribution in [0.4, 0.5) is 4.39 Å². The molecule has 1 aromatic carbocycles. The lowest BCUT2D eigenvalue weighted by molar-refractivity contribution is -0.136. The van der Waals surface area contributed by atoms with Crippen LogP contribution in [0.1, 0.15) is 18.4 Å². The van der Waals surface area contributed by atoms with Gasteiger partial charge in [0, 0.05) is 13.2 Å². The number of halogens is 1. The number of aliphatic carboxylic acids is 1. The molecule has 1 aliphatic rings. The molecule has 1 fully saturated rings. The highest BCUT2D eigenvalue weighted by atomic mass is 19.1. The van der Waals surface area contributed by atoms with Gasteiger partial charge in [-0.2, -0.15) is 0 Å². The van der Waals surface area contributed by atoms with E-state index in [-0.39, 0.29) is 12.2 Å². The molecule has 19 heavy (non-hydrogen) atoms. The van der Waals surface area contributed by atoms with Crippen LogP contribution in [0.2, 0.25) is 0 Å². The third-order valence-electron chi connectivity index (χ3n) is 3.17. The van der Waals surface area contributed by atoms with Crippen molar-refractivity contribution in [3.63, 3.8) is 0 Å². The molecule has 0 aliphatic carbocycles. The molecule has 0 amide bonds. The minimum Gasteiger partial charge on any atom is -0.490 e. The van der Waals surface area contributed by atoms with Crippen molar-refractivity contribution < 1.29 is 23.8 Å². The first-order chi connectivity index (χ1) is 9.15. The molecule has 1 N–H and O–H groups in total. The van der Waals surface area contributed by atoms with Gasteiger partial charge in [-0.15, -0.1) is 0 Å². The Kier molecular flexibility index (Phi) is 4.74. The second-order valence-electron chi connectivity index (χ2n) is 4.70. The number of carboxylic acids is 1. The number of benzene rings is 1. The van der Waals surface area contributed by atoms with Gasteiger partial charge in [-0.25, -0.2) is 4.39 Å². The first-order valence-corrected chi connectivity index (χ1v) is 6.36. The highest BCUT2D eigenvalue weighted by Crippen LogP contribution is 2.21. The van der Waals surface area contributed by atoms with Crippen molar-refractivity contribution in [3.05, 3.63) is 29.6 Å². The average molecular weight is 268 g/mol. The fraction of sp³-hybridized carbons (Fsp3) is 0.500. The number of carbonyl (C=O) groups is 1. The predicted molar refractivity (Wildman–Crippen MR) is 66.8 cm³/mol. The molecule has 104 valence electrons. The van der Waals surface area contributed by atoms with Crippen LogP contribution in [0.15, 0.2) is 18.2 Å². The van der Waals surface area contributed by atoms with Crippen molar-refractivity contribution in [3.8, 4) is 5.75 Å². The summed E-state index contributed by atoms with van der Waals surface area (Å²) >= 11 is 0. The van der Waals surface area contributed by atoms with E-state index in [1.54, 1.807) is 6.07 Å². The maximum absolute atomic E-state index is 13.7. The number of hydrogen-bond acceptors (Lipinski definition) is 3. The second kappa shape index (κ2) is 6.52. The molecular weight excluding hydrogens is 251 g/mol. The molecule has 0 spiro atoms. The zero-order chi connectivity index (χ0) is 13.7. The molecular formula is C14H17FO4. The van der Waals surface area contributed by atoms with E-state index in [9.17, 15) is 9.18 Å². The monoisotopic (exact) mass is 268 g/mol. The smallest absolute Gasteiger partial charge is 0.307 e. The van der Waals surface area contributed by atoms with Gasteiger partial charge in [0.1, 0.15) is 0 Å². The molecule has 1 aromatic rings. The van der Waals surface area contributed by atoms with Crippen LogP contribution in [0.3, 0.4) is 0 Å². The van der Waals surface area contributed by atoms with E-state index in [0.717, 1.165) is 26.1 Å². The molecule has 1 saturated heterocycles. The summed E-state index contributed by atoms with van der Waals surface area (Å²) in [4.78, 5) is 10.5. The zero-order valence-electron chi connectivity index (χ0n) is 10.6. The van der Waals surface area contributed by atoms with Crippen LogP contribution in [-0.2, 0) is 16.0 Å². The fourth-order valence-electron chi connectivity index (χ4n) is 2.07. The van der Waals surface area contributed by atoms with Crippen LogP contribution in [0.25, 0.3) is 0 Å². The fourth-order valence-corrected chi connectivity index (χ4v) is 2.07. The summed E-state index contributed by atoms with van der Waals surface area (Å²) in [7, 11) is 0. The Labute approximate surface area is 111 Å². The summed E-state index contributed by atoms with van der Waals surface area (Å²) in [5.41, 5.74) is 0.434. The van der Waals surface area contributed by atoms with E-state index in [2.05, 4.69) is 0 Å². The lowest BCUT2D eigenvalue weighted by Gasteiger charge is -2.22. The summed E-state index contributed by atoms with van der Waals surface area (Å²) in [6, 6.07) is 4.29.